The maximum Gasteiger partial charge on any atom is 0.326 e. The third kappa shape index (κ3) is 10.8. The van der Waals surface area contributed by atoms with Gasteiger partial charge in [-0.05, 0) is 96.1 Å². The SMILES string of the molecule is CCN(CC(=O)N[C@@H](CC(=O)O)C(=O)N(C1CCC(C2CCCCC2)CC1)[C@@H](C)C(=O)O)C(=O)CCCC1CCNCC1. The molecule has 244 valence electrons. The molecule has 0 bridgehead atoms. The molecule has 3 rings (SSSR count). The van der Waals surface area contributed by atoms with Crippen molar-refractivity contribution in [1.82, 2.24) is 20.4 Å². The molecule has 43 heavy (non-hydrogen) atoms. The number of hydrogen-bond donors (Lipinski definition) is 4. The molecular formula is C32H54N4O7. The van der Waals surface area contributed by atoms with Crippen LogP contribution in [0.15, 0.2) is 0 Å². The van der Waals surface area contributed by atoms with Gasteiger partial charge in [-0.15, -0.1) is 0 Å². The predicted molar refractivity (Wildman–Crippen MR) is 162 cm³/mol. The van der Waals surface area contributed by atoms with E-state index in [9.17, 15) is 34.2 Å². The largest absolute Gasteiger partial charge is 0.481 e. The lowest BCUT2D eigenvalue weighted by molar-refractivity contribution is -0.155. The summed E-state index contributed by atoms with van der Waals surface area (Å²) >= 11 is 0. The molecule has 1 heterocycles. The zero-order chi connectivity index (χ0) is 31.4. The van der Waals surface area contributed by atoms with E-state index in [1.54, 1.807) is 6.92 Å². The standard InChI is InChI=1S/C32H54N4O7/c1-3-35(29(38)11-7-8-23-16-18-33-19-17-23)21-28(37)34-27(20-30(39)40)31(41)36(22(2)32(42)43)26-14-12-25(13-15-26)24-9-5-4-6-10-24/h22-27,33H,3-21H2,1-2H3,(H,34,37)(H,39,40)(H,42,43)/t22-,25?,26?,27-/m0/s1. The minimum Gasteiger partial charge on any atom is -0.481 e. The Balaban J connectivity index is 1.61. The first-order chi connectivity index (χ1) is 20.6. The van der Waals surface area contributed by atoms with Crippen LogP contribution < -0.4 is 10.6 Å². The first-order valence-corrected chi connectivity index (χ1v) is 16.6. The Labute approximate surface area is 256 Å². The Morgan fingerprint density at radius 2 is 1.51 bits per heavy atom. The Kier molecular flexibility index (Phi) is 14.2. The fraction of sp³-hybridized carbons (Fsp3) is 0.844. The zero-order valence-corrected chi connectivity index (χ0v) is 26.2. The quantitative estimate of drug-likeness (QED) is 0.221. The summed E-state index contributed by atoms with van der Waals surface area (Å²) in [5.41, 5.74) is 0. The number of carbonyl (C=O) groups excluding carboxylic acids is 3. The number of nitrogens with zero attached hydrogens (tertiary/aromatic N) is 2. The highest BCUT2D eigenvalue weighted by Gasteiger charge is 2.40. The van der Waals surface area contributed by atoms with Crippen molar-refractivity contribution in [3.05, 3.63) is 0 Å². The number of amides is 3. The van der Waals surface area contributed by atoms with Crippen LogP contribution in [0.5, 0.6) is 0 Å². The molecule has 11 heteroatoms. The highest BCUT2D eigenvalue weighted by Crippen LogP contribution is 2.39. The average molecular weight is 607 g/mol. The van der Waals surface area contributed by atoms with Gasteiger partial charge in [-0.25, -0.2) is 4.79 Å². The molecule has 0 aromatic heterocycles. The first kappa shape index (κ1) is 34.8. The normalized spacial score (nSPS) is 23.1. The van der Waals surface area contributed by atoms with E-state index in [4.69, 9.17) is 0 Å². The summed E-state index contributed by atoms with van der Waals surface area (Å²) in [6.07, 6.45) is 13.0. The van der Waals surface area contributed by atoms with Gasteiger partial charge in [0.05, 0.1) is 13.0 Å². The molecule has 3 amide bonds. The van der Waals surface area contributed by atoms with Crippen LogP contribution in [0.25, 0.3) is 0 Å². The summed E-state index contributed by atoms with van der Waals surface area (Å²) in [6.45, 7) is 5.24. The molecule has 2 atom stereocenters. The van der Waals surface area contributed by atoms with Gasteiger partial charge in [0.2, 0.25) is 17.7 Å². The van der Waals surface area contributed by atoms with Gasteiger partial charge in [-0.3, -0.25) is 19.2 Å². The molecular weight excluding hydrogens is 552 g/mol. The lowest BCUT2D eigenvalue weighted by Gasteiger charge is -2.42. The van der Waals surface area contributed by atoms with Gasteiger partial charge in [0, 0.05) is 19.0 Å². The van der Waals surface area contributed by atoms with Crippen molar-refractivity contribution in [2.45, 2.75) is 128 Å². The van der Waals surface area contributed by atoms with Crippen molar-refractivity contribution in [1.29, 1.82) is 0 Å². The molecule has 11 nitrogen and oxygen atoms in total. The molecule has 3 aliphatic rings. The lowest BCUT2D eigenvalue weighted by Crippen LogP contribution is -2.58. The number of likely N-dealkylation sites (N-methyl/N-ethyl adjacent to an activating group) is 1. The molecule has 0 aromatic carbocycles. The van der Waals surface area contributed by atoms with Crippen LogP contribution in [-0.4, -0.2) is 94.0 Å². The monoisotopic (exact) mass is 606 g/mol. The minimum atomic E-state index is -1.42. The van der Waals surface area contributed by atoms with E-state index in [1.807, 2.05) is 0 Å². The summed E-state index contributed by atoms with van der Waals surface area (Å²) in [6, 6.07) is -2.91. The number of rotatable bonds is 15. The van der Waals surface area contributed by atoms with Crippen molar-refractivity contribution >= 4 is 29.7 Å². The van der Waals surface area contributed by atoms with Gasteiger partial charge in [-0.1, -0.05) is 32.1 Å². The molecule has 0 spiro atoms. The van der Waals surface area contributed by atoms with Crippen LogP contribution >= 0.6 is 0 Å². The molecule has 4 N–H and O–H groups in total. The van der Waals surface area contributed by atoms with E-state index >= 15 is 0 Å². The highest BCUT2D eigenvalue weighted by molar-refractivity contribution is 5.94. The summed E-state index contributed by atoms with van der Waals surface area (Å²) in [7, 11) is 0. The predicted octanol–water partition coefficient (Wildman–Crippen LogP) is 3.41. The molecule has 0 radical (unpaired) electrons. The van der Waals surface area contributed by atoms with Crippen molar-refractivity contribution in [2.75, 3.05) is 26.2 Å². The fourth-order valence-corrected chi connectivity index (χ4v) is 7.48. The number of carboxylic acids is 2. The number of carbonyl (C=O) groups is 5. The van der Waals surface area contributed by atoms with Crippen LogP contribution in [0.2, 0.25) is 0 Å². The van der Waals surface area contributed by atoms with Gasteiger partial charge < -0.3 is 30.6 Å². The topological polar surface area (TPSA) is 156 Å². The molecule has 1 aliphatic heterocycles. The van der Waals surface area contributed by atoms with Crippen LogP contribution in [-0.2, 0) is 24.0 Å². The van der Waals surface area contributed by atoms with E-state index < -0.39 is 42.3 Å². The van der Waals surface area contributed by atoms with Gasteiger partial charge in [-0.2, -0.15) is 0 Å². The van der Waals surface area contributed by atoms with Gasteiger partial charge in [0.1, 0.15) is 12.1 Å². The molecule has 0 unspecified atom stereocenters. The summed E-state index contributed by atoms with van der Waals surface area (Å²) in [4.78, 5) is 66.3. The van der Waals surface area contributed by atoms with Gasteiger partial charge >= 0.3 is 11.9 Å². The maximum absolute atomic E-state index is 13.8. The molecule has 0 aromatic rings. The van der Waals surface area contributed by atoms with E-state index in [0.717, 1.165) is 51.6 Å². The second kappa shape index (κ2) is 17.6. The first-order valence-electron chi connectivity index (χ1n) is 16.6. The Morgan fingerprint density at radius 3 is 2.09 bits per heavy atom. The van der Waals surface area contributed by atoms with Gasteiger partial charge in [0.15, 0.2) is 0 Å². The Bertz CT molecular complexity index is 940. The zero-order valence-electron chi connectivity index (χ0n) is 26.2. The second-order valence-electron chi connectivity index (χ2n) is 12.9. The summed E-state index contributed by atoms with van der Waals surface area (Å²) in [5.74, 6) is -2.05. The van der Waals surface area contributed by atoms with E-state index in [2.05, 4.69) is 10.6 Å². The molecule has 1 saturated heterocycles. The van der Waals surface area contributed by atoms with Crippen molar-refractivity contribution in [3.63, 3.8) is 0 Å². The third-order valence-electron chi connectivity index (χ3n) is 10.0. The van der Waals surface area contributed by atoms with Crippen LogP contribution in [0, 0.1) is 17.8 Å². The summed E-state index contributed by atoms with van der Waals surface area (Å²) < 4.78 is 0. The molecule has 2 saturated carbocycles. The number of nitrogens with one attached hydrogen (secondary N) is 2. The smallest absolute Gasteiger partial charge is 0.326 e. The number of carboxylic acid groups (broad SMARTS) is 2. The average Bonchev–Trinajstić information content (AvgIpc) is 3.00. The summed E-state index contributed by atoms with van der Waals surface area (Å²) in [5, 5.41) is 25.3. The highest BCUT2D eigenvalue weighted by atomic mass is 16.4. The van der Waals surface area contributed by atoms with E-state index in [0.29, 0.717) is 43.6 Å². The number of piperidine rings is 1. The minimum absolute atomic E-state index is 0.149. The van der Waals surface area contributed by atoms with Crippen molar-refractivity contribution in [2.24, 2.45) is 17.8 Å². The maximum atomic E-state index is 13.8. The van der Waals surface area contributed by atoms with E-state index in [1.165, 1.54) is 48.8 Å². The van der Waals surface area contributed by atoms with Gasteiger partial charge in [0.25, 0.3) is 0 Å². The number of hydrogen-bond acceptors (Lipinski definition) is 6. The van der Waals surface area contributed by atoms with Crippen LogP contribution in [0.1, 0.15) is 110 Å². The fourth-order valence-electron chi connectivity index (χ4n) is 7.48. The molecule has 2 aliphatic carbocycles. The lowest BCUT2D eigenvalue weighted by atomic mass is 9.72. The van der Waals surface area contributed by atoms with E-state index in [-0.39, 0.29) is 18.5 Å². The molecule has 3 fully saturated rings. The van der Waals surface area contributed by atoms with Crippen LogP contribution in [0.3, 0.4) is 0 Å². The van der Waals surface area contributed by atoms with Crippen LogP contribution in [0.4, 0.5) is 0 Å². The second-order valence-corrected chi connectivity index (χ2v) is 12.9. The Morgan fingerprint density at radius 1 is 0.884 bits per heavy atom. The van der Waals surface area contributed by atoms with Crippen molar-refractivity contribution in [3.8, 4) is 0 Å². The number of aliphatic carboxylic acids is 2. The van der Waals surface area contributed by atoms with Crippen molar-refractivity contribution < 1.29 is 34.2 Å². The Hall–Kier alpha value is -2.69. The third-order valence-corrected chi connectivity index (χ3v) is 10.0.